The quantitative estimate of drug-likeness (QED) is 0.892. The molecule has 0 aromatic heterocycles. The number of para-hydroxylation sites is 1. The molecule has 0 saturated heterocycles. The number of halogens is 3. The van der Waals surface area contributed by atoms with Crippen LogP contribution in [0.5, 0.6) is 11.5 Å². The van der Waals surface area contributed by atoms with E-state index in [1.165, 1.54) is 13.2 Å². The molecule has 0 radical (unpaired) electrons. The molecule has 0 amide bonds. The summed E-state index contributed by atoms with van der Waals surface area (Å²) >= 11 is 0. The van der Waals surface area contributed by atoms with E-state index >= 15 is 0 Å². The van der Waals surface area contributed by atoms with E-state index < -0.39 is 12.8 Å². The smallest absolute Gasteiger partial charge is 0.422 e. The first-order valence-electron chi connectivity index (χ1n) is 4.97. The van der Waals surface area contributed by atoms with E-state index in [4.69, 9.17) is 10.5 Å². The molecular weight excluding hydrogens is 235 g/mol. The molecule has 1 rings (SSSR count). The van der Waals surface area contributed by atoms with Gasteiger partial charge in [-0.05, 0) is 13.0 Å². The van der Waals surface area contributed by atoms with Crippen molar-refractivity contribution >= 4 is 0 Å². The summed E-state index contributed by atoms with van der Waals surface area (Å²) in [5.74, 6) is 0.284. The van der Waals surface area contributed by atoms with Gasteiger partial charge < -0.3 is 15.2 Å². The van der Waals surface area contributed by atoms with Crippen LogP contribution in [-0.4, -0.2) is 19.9 Å². The Bertz CT molecular complexity index is 377. The third-order valence-electron chi connectivity index (χ3n) is 2.10. The molecule has 1 atom stereocenters. The molecule has 0 fully saturated rings. The van der Waals surface area contributed by atoms with Crippen LogP contribution >= 0.6 is 0 Å². The number of nitrogens with two attached hydrogens (primary N) is 1. The lowest BCUT2D eigenvalue weighted by Gasteiger charge is -2.16. The van der Waals surface area contributed by atoms with Gasteiger partial charge in [0.1, 0.15) is 0 Å². The minimum absolute atomic E-state index is 0.0413. The highest BCUT2D eigenvalue weighted by Crippen LogP contribution is 2.34. The van der Waals surface area contributed by atoms with Crippen molar-refractivity contribution in [2.75, 3.05) is 13.7 Å². The van der Waals surface area contributed by atoms with Crippen LogP contribution in [0.2, 0.25) is 0 Å². The highest BCUT2D eigenvalue weighted by molar-refractivity contribution is 5.47. The van der Waals surface area contributed by atoms with Gasteiger partial charge in [0.2, 0.25) is 0 Å². The van der Waals surface area contributed by atoms with Gasteiger partial charge in [-0.3, -0.25) is 0 Å². The topological polar surface area (TPSA) is 44.5 Å². The molecule has 0 aliphatic carbocycles. The Morgan fingerprint density at radius 2 is 2.00 bits per heavy atom. The number of ether oxygens (including phenoxy) is 2. The minimum atomic E-state index is -4.38. The fourth-order valence-corrected chi connectivity index (χ4v) is 1.38. The van der Waals surface area contributed by atoms with E-state index in [0.29, 0.717) is 5.56 Å². The van der Waals surface area contributed by atoms with Crippen LogP contribution in [0.25, 0.3) is 0 Å². The Morgan fingerprint density at radius 3 is 2.47 bits per heavy atom. The van der Waals surface area contributed by atoms with E-state index in [1.807, 2.05) is 0 Å². The first-order valence-corrected chi connectivity index (χ1v) is 4.97. The molecule has 6 heteroatoms. The maximum atomic E-state index is 12.0. The van der Waals surface area contributed by atoms with E-state index in [2.05, 4.69) is 4.74 Å². The van der Waals surface area contributed by atoms with Crippen LogP contribution in [0, 0.1) is 0 Å². The number of methoxy groups -OCH3 is 1. The predicted molar refractivity (Wildman–Crippen MR) is 57.1 cm³/mol. The average molecular weight is 249 g/mol. The monoisotopic (exact) mass is 249 g/mol. The lowest BCUT2D eigenvalue weighted by atomic mass is 10.1. The summed E-state index contributed by atoms with van der Waals surface area (Å²) in [6, 6.07) is 4.33. The number of rotatable bonds is 4. The maximum absolute atomic E-state index is 12.0. The summed E-state index contributed by atoms with van der Waals surface area (Å²) in [4.78, 5) is 0. The van der Waals surface area contributed by atoms with E-state index in [9.17, 15) is 13.2 Å². The molecule has 1 aromatic rings. The van der Waals surface area contributed by atoms with Crippen molar-refractivity contribution in [2.24, 2.45) is 5.73 Å². The molecule has 1 unspecified atom stereocenters. The van der Waals surface area contributed by atoms with Gasteiger partial charge >= 0.3 is 6.18 Å². The van der Waals surface area contributed by atoms with Crippen LogP contribution in [0.1, 0.15) is 18.5 Å². The van der Waals surface area contributed by atoms with Crippen LogP contribution in [0.15, 0.2) is 18.2 Å². The van der Waals surface area contributed by atoms with E-state index in [-0.39, 0.29) is 17.5 Å². The van der Waals surface area contributed by atoms with Crippen molar-refractivity contribution in [1.29, 1.82) is 0 Å². The van der Waals surface area contributed by atoms with Gasteiger partial charge in [0.15, 0.2) is 18.1 Å². The lowest BCUT2D eigenvalue weighted by molar-refractivity contribution is -0.153. The van der Waals surface area contributed by atoms with Crippen LogP contribution < -0.4 is 15.2 Å². The largest absolute Gasteiger partial charge is 0.493 e. The second-order valence-corrected chi connectivity index (χ2v) is 3.57. The Morgan fingerprint density at radius 1 is 1.35 bits per heavy atom. The molecule has 0 aliphatic rings. The Balaban J connectivity index is 2.95. The first kappa shape index (κ1) is 13.6. The highest BCUT2D eigenvalue weighted by Gasteiger charge is 2.29. The van der Waals surface area contributed by atoms with Crippen molar-refractivity contribution in [1.82, 2.24) is 0 Å². The average Bonchev–Trinajstić information content (AvgIpc) is 2.24. The van der Waals surface area contributed by atoms with Gasteiger partial charge in [-0.2, -0.15) is 13.2 Å². The number of benzene rings is 1. The zero-order chi connectivity index (χ0) is 13.1. The third kappa shape index (κ3) is 3.81. The summed E-state index contributed by atoms with van der Waals surface area (Å²) in [7, 11) is 1.36. The SMILES string of the molecule is COc1c(OCC(F)(F)F)cccc1C(C)N. The van der Waals surface area contributed by atoms with Crippen molar-refractivity contribution in [3.63, 3.8) is 0 Å². The maximum Gasteiger partial charge on any atom is 0.422 e. The molecule has 96 valence electrons. The van der Waals surface area contributed by atoms with Crippen molar-refractivity contribution in [2.45, 2.75) is 19.1 Å². The summed E-state index contributed by atoms with van der Waals surface area (Å²) < 4.78 is 45.8. The second kappa shape index (κ2) is 5.27. The lowest BCUT2D eigenvalue weighted by Crippen LogP contribution is -2.19. The van der Waals surface area contributed by atoms with Crippen molar-refractivity contribution in [3.8, 4) is 11.5 Å². The minimum Gasteiger partial charge on any atom is -0.493 e. The van der Waals surface area contributed by atoms with Gasteiger partial charge in [-0.25, -0.2) is 0 Å². The zero-order valence-electron chi connectivity index (χ0n) is 9.54. The number of hydrogen-bond donors (Lipinski definition) is 1. The van der Waals surface area contributed by atoms with Gasteiger partial charge in [-0.1, -0.05) is 12.1 Å². The van der Waals surface area contributed by atoms with Gasteiger partial charge in [0.05, 0.1) is 7.11 Å². The molecule has 0 heterocycles. The fourth-order valence-electron chi connectivity index (χ4n) is 1.38. The first-order chi connectivity index (χ1) is 7.85. The summed E-state index contributed by atoms with van der Waals surface area (Å²) in [5.41, 5.74) is 6.29. The van der Waals surface area contributed by atoms with E-state index in [0.717, 1.165) is 0 Å². The van der Waals surface area contributed by atoms with Gasteiger partial charge in [-0.15, -0.1) is 0 Å². The van der Waals surface area contributed by atoms with Crippen LogP contribution in [0.3, 0.4) is 0 Å². The fraction of sp³-hybridized carbons (Fsp3) is 0.455. The third-order valence-corrected chi connectivity index (χ3v) is 2.10. The zero-order valence-corrected chi connectivity index (χ0v) is 9.54. The van der Waals surface area contributed by atoms with E-state index in [1.54, 1.807) is 19.1 Å². The molecule has 0 spiro atoms. The van der Waals surface area contributed by atoms with Gasteiger partial charge in [0, 0.05) is 11.6 Å². The normalized spacial score (nSPS) is 13.3. The number of hydrogen-bond acceptors (Lipinski definition) is 3. The summed E-state index contributed by atoms with van der Waals surface area (Å²) in [5, 5.41) is 0. The van der Waals surface area contributed by atoms with Crippen molar-refractivity contribution < 1.29 is 22.6 Å². The molecule has 0 saturated carbocycles. The second-order valence-electron chi connectivity index (χ2n) is 3.57. The molecule has 0 bridgehead atoms. The molecule has 3 nitrogen and oxygen atoms in total. The standard InChI is InChI=1S/C11H14F3NO2/c1-7(15)8-4-3-5-9(10(8)16-2)17-6-11(12,13)14/h3-5,7H,6,15H2,1-2H3. The van der Waals surface area contributed by atoms with Crippen LogP contribution in [0.4, 0.5) is 13.2 Å². The summed E-state index contributed by atoms with van der Waals surface area (Å²) in [6.07, 6.45) is -4.38. The van der Waals surface area contributed by atoms with Crippen molar-refractivity contribution in [3.05, 3.63) is 23.8 Å². The molecule has 17 heavy (non-hydrogen) atoms. The molecule has 2 N–H and O–H groups in total. The highest BCUT2D eigenvalue weighted by atomic mass is 19.4. The summed E-state index contributed by atoms with van der Waals surface area (Å²) in [6.45, 7) is 0.358. The molecular formula is C11H14F3NO2. The van der Waals surface area contributed by atoms with Gasteiger partial charge in [0.25, 0.3) is 0 Å². The van der Waals surface area contributed by atoms with Crippen LogP contribution in [-0.2, 0) is 0 Å². The Labute approximate surface area is 97.3 Å². The predicted octanol–water partition coefficient (Wildman–Crippen LogP) is 2.66. The number of alkyl halides is 3. The Kier molecular flexibility index (Phi) is 4.22. The molecule has 1 aromatic carbocycles. The molecule has 0 aliphatic heterocycles. The Hall–Kier alpha value is -1.43.